The Balaban J connectivity index is 1.51. The minimum absolute atomic E-state index is 0.0492. The highest BCUT2D eigenvalue weighted by Crippen LogP contribution is 2.32. The van der Waals surface area contributed by atoms with E-state index in [2.05, 4.69) is 6.58 Å². The topological polar surface area (TPSA) is 46.2 Å². The minimum atomic E-state index is -1.12. The standard InChI is InChI=1S/C37H40O5/c1-2-15-33-35(39-25-30-18-9-4-10-19-30)37(41-27-32-22-13-6-14-23-32)36(40-26-31-20-11-5-12-21-31)34(42-33)28-38-24-29-16-7-3-8-17-29/h2-14,16-23,33-37H,1,15,24-28H2/t33?,34-,35-,36-,37-/m1/s1/i24D,25D,26D,27D/t24?,25?,26?,27?,33?,34-,35-,36-,37-. The number of benzene rings is 4. The summed E-state index contributed by atoms with van der Waals surface area (Å²) in [5.41, 5.74) is 2.59. The van der Waals surface area contributed by atoms with Crippen LogP contribution in [0.15, 0.2) is 134 Å². The molecule has 0 radical (unpaired) electrons. The third-order valence-electron chi connectivity index (χ3n) is 6.89. The molecule has 1 saturated heterocycles. The van der Waals surface area contributed by atoms with Gasteiger partial charge in [-0.1, -0.05) is 127 Å². The van der Waals surface area contributed by atoms with E-state index in [9.17, 15) is 0 Å². The summed E-state index contributed by atoms with van der Waals surface area (Å²) in [4.78, 5) is 0. The summed E-state index contributed by atoms with van der Waals surface area (Å²) < 4.78 is 67.5. The molecule has 42 heavy (non-hydrogen) atoms. The molecule has 9 atom stereocenters. The number of hydrogen-bond donors (Lipinski definition) is 0. The van der Waals surface area contributed by atoms with Crippen LogP contribution in [0.5, 0.6) is 0 Å². The van der Waals surface area contributed by atoms with Crippen LogP contribution in [0.1, 0.15) is 34.2 Å². The van der Waals surface area contributed by atoms with Crippen LogP contribution in [0, 0.1) is 0 Å². The fraction of sp³-hybridized carbons (Fsp3) is 0.297. The minimum Gasteiger partial charge on any atom is -0.374 e. The molecule has 5 nitrogen and oxygen atoms in total. The molecule has 0 aromatic heterocycles. The fourth-order valence-corrected chi connectivity index (χ4v) is 4.80. The summed E-state index contributed by atoms with van der Waals surface area (Å²) in [5.74, 6) is 0. The first kappa shape index (κ1) is 25.0. The molecule has 5 rings (SSSR count). The smallest absolute Gasteiger partial charge is 0.115 e. The maximum Gasteiger partial charge on any atom is 0.115 e. The normalized spacial score (nSPS) is 26.4. The van der Waals surface area contributed by atoms with Gasteiger partial charge < -0.3 is 23.7 Å². The van der Waals surface area contributed by atoms with Crippen molar-refractivity contribution >= 4 is 0 Å². The van der Waals surface area contributed by atoms with Crippen molar-refractivity contribution in [2.24, 2.45) is 0 Å². The van der Waals surface area contributed by atoms with Crippen molar-refractivity contribution < 1.29 is 29.2 Å². The predicted molar refractivity (Wildman–Crippen MR) is 165 cm³/mol. The van der Waals surface area contributed by atoms with Gasteiger partial charge in [-0.05, 0) is 28.7 Å². The highest BCUT2D eigenvalue weighted by Gasteiger charge is 2.48. The van der Waals surface area contributed by atoms with Crippen LogP contribution in [0.25, 0.3) is 0 Å². The summed E-state index contributed by atoms with van der Waals surface area (Å²) in [6.45, 7) is -0.440. The van der Waals surface area contributed by atoms with Gasteiger partial charge in [-0.3, -0.25) is 0 Å². The van der Waals surface area contributed by atoms with Crippen molar-refractivity contribution in [2.75, 3.05) is 6.61 Å². The molecule has 0 N–H and O–H groups in total. The van der Waals surface area contributed by atoms with Crippen LogP contribution < -0.4 is 0 Å². The second kappa shape index (κ2) is 16.2. The predicted octanol–water partition coefficient (Wildman–Crippen LogP) is 7.30. The van der Waals surface area contributed by atoms with Gasteiger partial charge in [0.05, 0.1) is 44.5 Å². The molecule has 5 heteroatoms. The van der Waals surface area contributed by atoms with Crippen LogP contribution >= 0.6 is 0 Å². The molecule has 0 bridgehead atoms. The van der Waals surface area contributed by atoms with Gasteiger partial charge in [0.1, 0.15) is 24.4 Å². The SMILES string of the molecule is [2H]C(OC[C@H]1OC(CC=C)[C@@H](OC([2H])c2ccccc2)[C@@H](OC([2H])c2ccccc2)[C@@H]1OC([2H])c1ccccc1)c1ccccc1. The van der Waals surface area contributed by atoms with Crippen LogP contribution in [0.2, 0.25) is 0 Å². The maximum atomic E-state index is 8.99. The Morgan fingerprint density at radius 1 is 0.548 bits per heavy atom. The lowest BCUT2D eigenvalue weighted by atomic mass is 9.92. The molecule has 0 spiro atoms. The molecule has 1 aliphatic rings. The van der Waals surface area contributed by atoms with Crippen molar-refractivity contribution in [3.8, 4) is 0 Å². The van der Waals surface area contributed by atoms with Crippen molar-refractivity contribution in [2.45, 2.75) is 63.3 Å². The van der Waals surface area contributed by atoms with Crippen molar-refractivity contribution in [1.82, 2.24) is 0 Å². The Bertz CT molecular complexity index is 1450. The molecule has 0 amide bonds. The summed E-state index contributed by atoms with van der Waals surface area (Å²) in [7, 11) is 0. The van der Waals surface area contributed by atoms with E-state index < -0.39 is 56.9 Å². The zero-order valence-corrected chi connectivity index (χ0v) is 23.5. The van der Waals surface area contributed by atoms with Gasteiger partial charge in [0.2, 0.25) is 0 Å². The molecule has 1 fully saturated rings. The average Bonchev–Trinajstić information content (AvgIpc) is 3.11. The molecule has 5 unspecified atom stereocenters. The Morgan fingerprint density at radius 2 is 0.929 bits per heavy atom. The molecule has 1 heterocycles. The maximum absolute atomic E-state index is 8.99. The first-order valence-electron chi connectivity index (χ1n) is 16.5. The third-order valence-corrected chi connectivity index (χ3v) is 6.89. The van der Waals surface area contributed by atoms with E-state index >= 15 is 0 Å². The third kappa shape index (κ3) is 8.71. The fourth-order valence-electron chi connectivity index (χ4n) is 4.80. The van der Waals surface area contributed by atoms with Gasteiger partial charge in [0, 0.05) is 0 Å². The van der Waals surface area contributed by atoms with Crippen LogP contribution in [-0.4, -0.2) is 37.1 Å². The van der Waals surface area contributed by atoms with Crippen LogP contribution in [0.4, 0.5) is 0 Å². The lowest BCUT2D eigenvalue weighted by Gasteiger charge is -2.46. The number of rotatable bonds is 15. The van der Waals surface area contributed by atoms with Gasteiger partial charge in [0.25, 0.3) is 0 Å². The van der Waals surface area contributed by atoms with Crippen molar-refractivity contribution in [3.05, 3.63) is 156 Å². The highest BCUT2D eigenvalue weighted by atomic mass is 16.6. The molecule has 1 aliphatic heterocycles. The molecular formula is C37H40O5. The quantitative estimate of drug-likeness (QED) is 0.141. The van der Waals surface area contributed by atoms with E-state index in [1.54, 1.807) is 18.2 Å². The summed E-state index contributed by atoms with van der Waals surface area (Å²) in [6, 6.07) is 36.7. The number of hydrogen-bond acceptors (Lipinski definition) is 5. The Kier molecular flexibility index (Phi) is 9.61. The molecular weight excluding hydrogens is 524 g/mol. The molecule has 218 valence electrons. The summed E-state index contributed by atoms with van der Waals surface area (Å²) in [6.07, 6.45) is -2.16. The monoisotopic (exact) mass is 568 g/mol. The molecule has 0 saturated carbocycles. The Hall–Kier alpha value is -3.58. The Labute approximate surface area is 255 Å². The highest BCUT2D eigenvalue weighted by molar-refractivity contribution is 5.16. The van der Waals surface area contributed by atoms with E-state index in [0.29, 0.717) is 28.7 Å². The average molecular weight is 569 g/mol. The number of ether oxygens (including phenoxy) is 5. The lowest BCUT2D eigenvalue weighted by molar-refractivity contribution is -0.271. The summed E-state index contributed by atoms with van der Waals surface area (Å²) >= 11 is 0. The second-order valence-corrected chi connectivity index (χ2v) is 9.99. The van der Waals surface area contributed by atoms with Crippen LogP contribution in [-0.2, 0) is 50.0 Å². The van der Waals surface area contributed by atoms with Gasteiger partial charge >= 0.3 is 0 Å². The zero-order chi connectivity index (χ0) is 32.3. The van der Waals surface area contributed by atoms with E-state index in [1.807, 2.05) is 109 Å². The van der Waals surface area contributed by atoms with Crippen LogP contribution in [0.3, 0.4) is 0 Å². The molecule has 0 aliphatic carbocycles. The van der Waals surface area contributed by atoms with Crippen molar-refractivity contribution in [1.29, 1.82) is 0 Å². The molecule has 4 aromatic rings. The van der Waals surface area contributed by atoms with Crippen molar-refractivity contribution in [3.63, 3.8) is 0 Å². The summed E-state index contributed by atoms with van der Waals surface area (Å²) in [5, 5.41) is 0. The van der Waals surface area contributed by atoms with Gasteiger partial charge in [0.15, 0.2) is 0 Å². The van der Waals surface area contributed by atoms with E-state index in [1.165, 1.54) is 0 Å². The van der Waals surface area contributed by atoms with Gasteiger partial charge in [-0.25, -0.2) is 0 Å². The van der Waals surface area contributed by atoms with E-state index in [0.717, 1.165) is 0 Å². The van der Waals surface area contributed by atoms with E-state index in [-0.39, 0.29) is 6.61 Å². The van der Waals surface area contributed by atoms with E-state index in [4.69, 9.17) is 29.2 Å². The molecule has 4 aromatic carbocycles. The first-order valence-corrected chi connectivity index (χ1v) is 14.2. The second-order valence-electron chi connectivity index (χ2n) is 9.99. The van der Waals surface area contributed by atoms with Gasteiger partial charge in [-0.15, -0.1) is 6.58 Å². The largest absolute Gasteiger partial charge is 0.374 e. The van der Waals surface area contributed by atoms with Gasteiger partial charge in [-0.2, -0.15) is 0 Å². The lowest BCUT2D eigenvalue weighted by Crippen LogP contribution is -2.61. The Morgan fingerprint density at radius 3 is 1.36 bits per heavy atom. The zero-order valence-electron chi connectivity index (χ0n) is 27.5. The first-order chi connectivity index (χ1) is 22.4.